The van der Waals surface area contributed by atoms with Gasteiger partial charge in [-0.15, -0.1) is 0 Å². The molecule has 0 bridgehead atoms. The third kappa shape index (κ3) is 2.39. The van der Waals surface area contributed by atoms with Gasteiger partial charge in [0.2, 0.25) is 0 Å². The molecule has 15 heavy (non-hydrogen) atoms. The Morgan fingerprint density at radius 3 is 3.20 bits per heavy atom. The Morgan fingerprint density at radius 2 is 2.47 bits per heavy atom. The van der Waals surface area contributed by atoms with Crippen LogP contribution in [0.25, 0.3) is 0 Å². The highest BCUT2D eigenvalue weighted by molar-refractivity contribution is 5.25. The van der Waals surface area contributed by atoms with Gasteiger partial charge >= 0.3 is 0 Å². The van der Waals surface area contributed by atoms with Gasteiger partial charge in [-0.3, -0.25) is 0 Å². The Bertz CT molecular complexity index is 290. The zero-order valence-electron chi connectivity index (χ0n) is 9.37. The Balaban J connectivity index is 1.96. The minimum atomic E-state index is 0.606. The SMILES string of the molecule is CN1CCCNCC1C1CC=C(C#N)C1. The molecule has 1 fully saturated rings. The zero-order chi connectivity index (χ0) is 10.7. The van der Waals surface area contributed by atoms with E-state index in [0.717, 1.165) is 31.5 Å². The van der Waals surface area contributed by atoms with Crippen molar-refractivity contribution in [3.8, 4) is 6.07 Å². The summed E-state index contributed by atoms with van der Waals surface area (Å²) in [5.74, 6) is 0.648. The monoisotopic (exact) mass is 205 g/mol. The highest BCUT2D eigenvalue weighted by Gasteiger charge is 2.29. The molecule has 0 amide bonds. The van der Waals surface area contributed by atoms with E-state index in [1.165, 1.54) is 13.0 Å². The van der Waals surface area contributed by atoms with Crippen LogP contribution in [0.1, 0.15) is 19.3 Å². The zero-order valence-corrected chi connectivity index (χ0v) is 9.37. The van der Waals surface area contributed by atoms with Crippen molar-refractivity contribution in [2.75, 3.05) is 26.7 Å². The van der Waals surface area contributed by atoms with Crippen molar-refractivity contribution >= 4 is 0 Å². The first kappa shape index (κ1) is 10.7. The number of hydrogen-bond acceptors (Lipinski definition) is 3. The van der Waals surface area contributed by atoms with Crippen molar-refractivity contribution in [1.82, 2.24) is 10.2 Å². The predicted molar refractivity (Wildman–Crippen MR) is 60.3 cm³/mol. The standard InChI is InChI=1S/C12H19N3/c1-15-6-2-5-14-9-12(15)11-4-3-10(7-11)8-13/h3,11-12,14H,2,4-7,9H2,1H3. The van der Waals surface area contributed by atoms with E-state index < -0.39 is 0 Å². The lowest BCUT2D eigenvalue weighted by Gasteiger charge is -2.30. The van der Waals surface area contributed by atoms with Crippen LogP contribution in [0.15, 0.2) is 11.6 Å². The molecule has 0 radical (unpaired) electrons. The fourth-order valence-corrected chi connectivity index (χ4v) is 2.68. The fraction of sp³-hybridized carbons (Fsp3) is 0.750. The van der Waals surface area contributed by atoms with Crippen LogP contribution in [0.3, 0.4) is 0 Å². The van der Waals surface area contributed by atoms with E-state index in [1.807, 2.05) is 0 Å². The average molecular weight is 205 g/mol. The van der Waals surface area contributed by atoms with Gasteiger partial charge in [-0.25, -0.2) is 0 Å². The van der Waals surface area contributed by atoms with Crippen molar-refractivity contribution in [3.05, 3.63) is 11.6 Å². The summed E-state index contributed by atoms with van der Waals surface area (Å²) in [5, 5.41) is 12.3. The molecule has 2 aliphatic rings. The summed E-state index contributed by atoms with van der Waals surface area (Å²) >= 11 is 0. The largest absolute Gasteiger partial charge is 0.315 e. The first-order valence-electron chi connectivity index (χ1n) is 5.81. The molecule has 2 rings (SSSR count). The maximum atomic E-state index is 8.86. The van der Waals surface area contributed by atoms with E-state index in [1.54, 1.807) is 0 Å². The molecule has 1 saturated heterocycles. The van der Waals surface area contributed by atoms with Crippen molar-refractivity contribution in [2.24, 2.45) is 5.92 Å². The normalized spacial score (nSPS) is 33.2. The highest BCUT2D eigenvalue weighted by Crippen LogP contribution is 2.29. The third-order valence-electron chi connectivity index (χ3n) is 3.62. The molecule has 0 aromatic rings. The summed E-state index contributed by atoms with van der Waals surface area (Å²) in [6.07, 6.45) is 5.41. The number of rotatable bonds is 1. The topological polar surface area (TPSA) is 39.1 Å². The number of nitrogens with zero attached hydrogens (tertiary/aromatic N) is 2. The number of likely N-dealkylation sites (N-methyl/N-ethyl adjacent to an activating group) is 1. The Hall–Kier alpha value is -0.850. The Morgan fingerprint density at radius 1 is 1.60 bits per heavy atom. The van der Waals surface area contributed by atoms with E-state index in [0.29, 0.717) is 12.0 Å². The molecule has 0 aromatic heterocycles. The van der Waals surface area contributed by atoms with E-state index in [-0.39, 0.29) is 0 Å². The summed E-state index contributed by atoms with van der Waals surface area (Å²) in [7, 11) is 2.21. The van der Waals surface area contributed by atoms with Crippen molar-refractivity contribution in [1.29, 1.82) is 5.26 Å². The molecule has 82 valence electrons. The lowest BCUT2D eigenvalue weighted by Crippen LogP contribution is -2.42. The third-order valence-corrected chi connectivity index (χ3v) is 3.62. The van der Waals surface area contributed by atoms with Crippen LogP contribution in [-0.2, 0) is 0 Å². The minimum absolute atomic E-state index is 0.606. The molecule has 1 heterocycles. The quantitative estimate of drug-likeness (QED) is 0.697. The molecule has 3 heteroatoms. The second kappa shape index (κ2) is 4.78. The highest BCUT2D eigenvalue weighted by atomic mass is 15.2. The Kier molecular flexibility index (Phi) is 3.40. The summed E-state index contributed by atoms with van der Waals surface area (Å²) in [6, 6.07) is 2.89. The van der Waals surface area contributed by atoms with Crippen molar-refractivity contribution in [3.63, 3.8) is 0 Å². The smallest absolute Gasteiger partial charge is 0.0943 e. The van der Waals surface area contributed by atoms with E-state index in [2.05, 4.69) is 29.4 Å². The first-order chi connectivity index (χ1) is 7.31. The van der Waals surface area contributed by atoms with E-state index >= 15 is 0 Å². The fourth-order valence-electron chi connectivity index (χ4n) is 2.68. The second-order valence-corrected chi connectivity index (χ2v) is 4.65. The van der Waals surface area contributed by atoms with Crippen LogP contribution in [0, 0.1) is 17.2 Å². The molecule has 3 nitrogen and oxygen atoms in total. The second-order valence-electron chi connectivity index (χ2n) is 4.65. The molecule has 0 aromatic carbocycles. The lowest BCUT2D eigenvalue weighted by molar-refractivity contribution is 0.191. The van der Waals surface area contributed by atoms with Crippen LogP contribution in [0.2, 0.25) is 0 Å². The van der Waals surface area contributed by atoms with Gasteiger partial charge < -0.3 is 10.2 Å². The first-order valence-corrected chi connectivity index (χ1v) is 5.81. The molecule has 1 aliphatic carbocycles. The van der Waals surface area contributed by atoms with Crippen LogP contribution < -0.4 is 5.32 Å². The maximum Gasteiger partial charge on any atom is 0.0943 e. The van der Waals surface area contributed by atoms with Crippen LogP contribution in [0.5, 0.6) is 0 Å². The lowest BCUT2D eigenvalue weighted by atomic mass is 9.95. The summed E-state index contributed by atoms with van der Waals surface area (Å²) in [6.45, 7) is 3.38. The van der Waals surface area contributed by atoms with E-state index in [9.17, 15) is 0 Å². The molecule has 2 unspecified atom stereocenters. The van der Waals surface area contributed by atoms with Crippen molar-refractivity contribution in [2.45, 2.75) is 25.3 Å². The molecular weight excluding hydrogens is 186 g/mol. The van der Waals surface area contributed by atoms with E-state index in [4.69, 9.17) is 5.26 Å². The number of nitriles is 1. The predicted octanol–water partition coefficient (Wildman–Crippen LogP) is 1.14. The molecule has 1 N–H and O–H groups in total. The van der Waals surface area contributed by atoms with Crippen molar-refractivity contribution < 1.29 is 0 Å². The molecule has 1 aliphatic heterocycles. The van der Waals surface area contributed by atoms with Gasteiger partial charge in [-0.05, 0) is 45.3 Å². The maximum absolute atomic E-state index is 8.86. The van der Waals surface area contributed by atoms with Gasteiger partial charge in [-0.1, -0.05) is 6.08 Å². The Labute approximate surface area is 91.8 Å². The summed E-state index contributed by atoms with van der Waals surface area (Å²) in [4.78, 5) is 2.46. The number of hydrogen-bond donors (Lipinski definition) is 1. The molecule has 2 atom stereocenters. The number of nitrogens with one attached hydrogen (secondary N) is 1. The summed E-state index contributed by atoms with van der Waals surface area (Å²) < 4.78 is 0. The van der Waals surface area contributed by atoms with Gasteiger partial charge in [0.1, 0.15) is 0 Å². The van der Waals surface area contributed by atoms with Crippen LogP contribution >= 0.6 is 0 Å². The minimum Gasteiger partial charge on any atom is -0.315 e. The van der Waals surface area contributed by atoms with Gasteiger partial charge in [0.05, 0.1) is 6.07 Å². The summed E-state index contributed by atoms with van der Waals surface area (Å²) in [5.41, 5.74) is 0.984. The number of allylic oxidation sites excluding steroid dienone is 2. The van der Waals surface area contributed by atoms with Gasteiger partial charge in [0.15, 0.2) is 0 Å². The van der Waals surface area contributed by atoms with Crippen LogP contribution in [-0.4, -0.2) is 37.6 Å². The molecule has 0 saturated carbocycles. The van der Waals surface area contributed by atoms with Gasteiger partial charge in [0, 0.05) is 18.2 Å². The molecular formula is C12H19N3. The molecule has 0 spiro atoms. The van der Waals surface area contributed by atoms with Crippen LogP contribution in [0.4, 0.5) is 0 Å². The van der Waals surface area contributed by atoms with Gasteiger partial charge in [0.25, 0.3) is 0 Å². The average Bonchev–Trinajstić information content (AvgIpc) is 2.62. The van der Waals surface area contributed by atoms with Gasteiger partial charge in [-0.2, -0.15) is 5.26 Å².